The van der Waals surface area contributed by atoms with Crippen molar-refractivity contribution in [3.05, 3.63) is 72.1 Å². The SMILES string of the molecule is Nc1nc(N)c2ncn(Cc3ccccc3OCc3ccccc3)c2n1. The highest BCUT2D eigenvalue weighted by atomic mass is 16.5. The van der Waals surface area contributed by atoms with Crippen molar-refractivity contribution in [1.29, 1.82) is 0 Å². The van der Waals surface area contributed by atoms with Crippen LogP contribution in [0.5, 0.6) is 5.75 Å². The number of nitrogens with zero attached hydrogens (tertiary/aromatic N) is 4. The van der Waals surface area contributed by atoms with E-state index >= 15 is 0 Å². The van der Waals surface area contributed by atoms with E-state index in [4.69, 9.17) is 16.2 Å². The molecule has 0 saturated heterocycles. The standard InChI is InChI=1S/C19H18N6O/c20-17-16-18(24-19(21)23-17)25(12-22-16)10-14-8-4-5-9-15(14)26-11-13-6-2-1-3-7-13/h1-9,12H,10-11H2,(H4,20,21,23,24). The Labute approximate surface area is 150 Å². The lowest BCUT2D eigenvalue weighted by Gasteiger charge is -2.12. The van der Waals surface area contributed by atoms with Crippen molar-refractivity contribution >= 4 is 22.9 Å². The zero-order valence-electron chi connectivity index (χ0n) is 14.0. The van der Waals surface area contributed by atoms with E-state index in [2.05, 4.69) is 15.0 Å². The maximum absolute atomic E-state index is 6.02. The van der Waals surface area contributed by atoms with Gasteiger partial charge in [0.15, 0.2) is 11.5 Å². The second kappa shape index (κ2) is 6.72. The Morgan fingerprint density at radius 1 is 0.923 bits per heavy atom. The Morgan fingerprint density at radius 2 is 1.69 bits per heavy atom. The lowest BCUT2D eigenvalue weighted by atomic mass is 10.2. The van der Waals surface area contributed by atoms with Crippen LogP contribution in [0.15, 0.2) is 60.9 Å². The highest BCUT2D eigenvalue weighted by molar-refractivity contribution is 5.82. The van der Waals surface area contributed by atoms with E-state index in [9.17, 15) is 0 Å². The fourth-order valence-electron chi connectivity index (χ4n) is 2.79. The van der Waals surface area contributed by atoms with Gasteiger partial charge < -0.3 is 20.8 Å². The molecule has 0 fully saturated rings. The van der Waals surface area contributed by atoms with Crippen molar-refractivity contribution in [3.63, 3.8) is 0 Å². The number of fused-ring (bicyclic) bond motifs is 1. The Balaban J connectivity index is 1.61. The number of benzene rings is 2. The second-order valence-corrected chi connectivity index (χ2v) is 5.89. The summed E-state index contributed by atoms with van der Waals surface area (Å²) in [6.07, 6.45) is 1.68. The fraction of sp³-hybridized carbons (Fsp3) is 0.105. The molecule has 0 aliphatic carbocycles. The molecule has 7 nitrogen and oxygen atoms in total. The van der Waals surface area contributed by atoms with Crippen molar-refractivity contribution in [3.8, 4) is 5.75 Å². The van der Waals surface area contributed by atoms with Gasteiger partial charge in [-0.3, -0.25) is 0 Å². The summed E-state index contributed by atoms with van der Waals surface area (Å²) in [6.45, 7) is 1.04. The lowest BCUT2D eigenvalue weighted by Crippen LogP contribution is -2.05. The third kappa shape index (κ3) is 3.14. The molecule has 4 aromatic rings. The van der Waals surface area contributed by atoms with E-state index in [-0.39, 0.29) is 11.8 Å². The first kappa shape index (κ1) is 15.9. The zero-order chi connectivity index (χ0) is 17.9. The molecular formula is C19H18N6O. The number of hydrogen-bond acceptors (Lipinski definition) is 6. The number of para-hydroxylation sites is 1. The highest BCUT2D eigenvalue weighted by Gasteiger charge is 2.12. The van der Waals surface area contributed by atoms with Crippen molar-refractivity contribution in [2.24, 2.45) is 0 Å². The molecule has 0 aliphatic rings. The zero-order valence-corrected chi connectivity index (χ0v) is 14.0. The van der Waals surface area contributed by atoms with Gasteiger partial charge >= 0.3 is 0 Å². The van der Waals surface area contributed by atoms with E-state index in [1.165, 1.54) is 0 Å². The molecule has 0 saturated carbocycles. The van der Waals surface area contributed by atoms with Gasteiger partial charge in [0, 0.05) is 5.56 Å². The second-order valence-electron chi connectivity index (χ2n) is 5.89. The summed E-state index contributed by atoms with van der Waals surface area (Å²) in [5.74, 6) is 1.22. The third-order valence-electron chi connectivity index (χ3n) is 4.06. The predicted octanol–water partition coefficient (Wildman–Crippen LogP) is 2.62. The highest BCUT2D eigenvalue weighted by Crippen LogP contribution is 2.23. The summed E-state index contributed by atoms with van der Waals surface area (Å²) in [7, 11) is 0. The number of rotatable bonds is 5. The molecular weight excluding hydrogens is 328 g/mol. The summed E-state index contributed by atoms with van der Waals surface area (Å²) in [6, 6.07) is 17.9. The molecule has 0 bridgehead atoms. The molecule has 7 heteroatoms. The molecule has 130 valence electrons. The van der Waals surface area contributed by atoms with Crippen LogP contribution in [0.1, 0.15) is 11.1 Å². The van der Waals surface area contributed by atoms with Gasteiger partial charge in [0.1, 0.15) is 17.9 Å². The van der Waals surface area contributed by atoms with E-state index in [1.807, 2.05) is 59.2 Å². The first-order chi connectivity index (χ1) is 12.7. The van der Waals surface area contributed by atoms with Crippen molar-refractivity contribution < 1.29 is 4.74 Å². The van der Waals surface area contributed by atoms with E-state index in [1.54, 1.807) is 6.33 Å². The van der Waals surface area contributed by atoms with Crippen molar-refractivity contribution in [2.75, 3.05) is 11.5 Å². The predicted molar refractivity (Wildman–Crippen MR) is 100 cm³/mol. The molecule has 4 rings (SSSR count). The summed E-state index contributed by atoms with van der Waals surface area (Å²) in [5, 5.41) is 0. The Morgan fingerprint density at radius 3 is 2.54 bits per heavy atom. The van der Waals surface area contributed by atoms with Crippen LogP contribution in [0, 0.1) is 0 Å². The Kier molecular flexibility index (Phi) is 4.10. The molecule has 26 heavy (non-hydrogen) atoms. The number of nitrogen functional groups attached to an aromatic ring is 2. The van der Waals surface area contributed by atoms with Crippen LogP contribution in [-0.2, 0) is 13.2 Å². The van der Waals surface area contributed by atoms with Gasteiger partial charge in [-0.15, -0.1) is 0 Å². The van der Waals surface area contributed by atoms with Gasteiger partial charge in [-0.05, 0) is 11.6 Å². The number of anilines is 2. The molecule has 2 aromatic carbocycles. The minimum atomic E-state index is 0.130. The van der Waals surface area contributed by atoms with Crippen LogP contribution >= 0.6 is 0 Å². The average Bonchev–Trinajstić information content (AvgIpc) is 3.05. The van der Waals surface area contributed by atoms with Crippen LogP contribution in [0.4, 0.5) is 11.8 Å². The smallest absolute Gasteiger partial charge is 0.224 e. The van der Waals surface area contributed by atoms with Crippen molar-refractivity contribution in [1.82, 2.24) is 19.5 Å². The average molecular weight is 346 g/mol. The summed E-state index contributed by atoms with van der Waals surface area (Å²) >= 11 is 0. The van der Waals surface area contributed by atoms with Crippen LogP contribution < -0.4 is 16.2 Å². The first-order valence-electron chi connectivity index (χ1n) is 8.19. The first-order valence-corrected chi connectivity index (χ1v) is 8.19. The summed E-state index contributed by atoms with van der Waals surface area (Å²) < 4.78 is 7.90. The normalized spacial score (nSPS) is 10.9. The quantitative estimate of drug-likeness (QED) is 0.575. The number of imidazole rings is 1. The largest absolute Gasteiger partial charge is 0.489 e. The van der Waals surface area contributed by atoms with Gasteiger partial charge in [-0.1, -0.05) is 48.5 Å². The molecule has 0 spiro atoms. The monoisotopic (exact) mass is 346 g/mol. The molecule has 4 N–H and O–H groups in total. The van der Waals surface area contributed by atoms with Crippen LogP contribution in [0.2, 0.25) is 0 Å². The van der Waals surface area contributed by atoms with E-state index in [0.717, 1.165) is 16.9 Å². The minimum absolute atomic E-state index is 0.130. The lowest BCUT2D eigenvalue weighted by molar-refractivity contribution is 0.302. The number of aromatic nitrogens is 4. The molecule has 0 atom stereocenters. The molecule has 0 radical (unpaired) electrons. The molecule has 0 unspecified atom stereocenters. The maximum Gasteiger partial charge on any atom is 0.224 e. The summed E-state index contributed by atoms with van der Waals surface area (Å²) in [4.78, 5) is 12.5. The van der Waals surface area contributed by atoms with Gasteiger partial charge in [-0.25, -0.2) is 4.98 Å². The van der Waals surface area contributed by atoms with Gasteiger partial charge in [0.25, 0.3) is 0 Å². The van der Waals surface area contributed by atoms with Gasteiger partial charge in [0.05, 0.1) is 12.9 Å². The topological polar surface area (TPSA) is 105 Å². The number of hydrogen-bond donors (Lipinski definition) is 2. The minimum Gasteiger partial charge on any atom is -0.489 e. The van der Waals surface area contributed by atoms with Crippen LogP contribution in [0.3, 0.4) is 0 Å². The van der Waals surface area contributed by atoms with Gasteiger partial charge in [-0.2, -0.15) is 9.97 Å². The third-order valence-corrected chi connectivity index (χ3v) is 4.06. The fourth-order valence-corrected chi connectivity index (χ4v) is 2.79. The van der Waals surface area contributed by atoms with Gasteiger partial charge in [0.2, 0.25) is 5.95 Å². The molecule has 0 amide bonds. The Hall–Kier alpha value is -3.61. The van der Waals surface area contributed by atoms with E-state index < -0.39 is 0 Å². The van der Waals surface area contributed by atoms with Crippen molar-refractivity contribution in [2.45, 2.75) is 13.2 Å². The molecule has 2 heterocycles. The number of nitrogens with two attached hydrogens (primary N) is 2. The van der Waals surface area contributed by atoms with E-state index in [0.29, 0.717) is 24.3 Å². The number of ether oxygens (including phenoxy) is 1. The Bertz CT molecular complexity index is 1040. The van der Waals surface area contributed by atoms with Crippen LogP contribution in [0.25, 0.3) is 11.2 Å². The summed E-state index contributed by atoms with van der Waals surface area (Å²) in [5.41, 5.74) is 14.9. The molecule has 0 aliphatic heterocycles. The maximum atomic E-state index is 6.02. The van der Waals surface area contributed by atoms with Crippen LogP contribution in [-0.4, -0.2) is 19.5 Å². The molecule has 2 aromatic heterocycles.